The highest BCUT2D eigenvalue weighted by Gasteiger charge is 2.12. The molecule has 7 nitrogen and oxygen atoms in total. The minimum atomic E-state index is 0.341. The number of nitrogens with one attached hydrogen (secondary N) is 2. The zero-order valence-corrected chi connectivity index (χ0v) is 15.6. The van der Waals surface area contributed by atoms with E-state index in [1.54, 1.807) is 0 Å². The number of hydrogen-bond donors (Lipinski definition) is 3. The Morgan fingerprint density at radius 3 is 2.73 bits per heavy atom. The summed E-state index contributed by atoms with van der Waals surface area (Å²) < 4.78 is 0. The third kappa shape index (κ3) is 4.72. The summed E-state index contributed by atoms with van der Waals surface area (Å²) in [6.07, 6.45) is 5.44. The number of hydrogen-bond acceptors (Lipinski definition) is 7. The van der Waals surface area contributed by atoms with Crippen molar-refractivity contribution < 1.29 is 0 Å². The van der Waals surface area contributed by atoms with Gasteiger partial charge in [-0.15, -0.1) is 0 Å². The summed E-state index contributed by atoms with van der Waals surface area (Å²) >= 11 is 0. The normalized spacial score (nSPS) is 12.6. The van der Waals surface area contributed by atoms with Gasteiger partial charge in [0.05, 0.1) is 17.6 Å². The van der Waals surface area contributed by atoms with Gasteiger partial charge in [-0.2, -0.15) is 5.10 Å². The average Bonchev–Trinajstić information content (AvgIpc) is 2.63. The van der Waals surface area contributed by atoms with Crippen molar-refractivity contribution in [2.75, 3.05) is 11.2 Å². The Morgan fingerprint density at radius 2 is 2.08 bits per heavy atom. The number of aromatic nitrogens is 2. The summed E-state index contributed by atoms with van der Waals surface area (Å²) in [5.74, 6) is 1.23. The second kappa shape index (κ2) is 8.84. The lowest BCUT2D eigenvalue weighted by Gasteiger charge is -2.11. The zero-order valence-electron chi connectivity index (χ0n) is 15.6. The van der Waals surface area contributed by atoms with Crippen LogP contribution in [0.25, 0.3) is 11.3 Å². The topological polar surface area (TPSA) is 112 Å². The lowest BCUT2D eigenvalue weighted by Crippen LogP contribution is -2.05. The third-order valence-corrected chi connectivity index (χ3v) is 4.01. The fourth-order valence-electron chi connectivity index (χ4n) is 2.21. The van der Waals surface area contributed by atoms with Gasteiger partial charge in [-0.05, 0) is 43.9 Å². The summed E-state index contributed by atoms with van der Waals surface area (Å²) in [7, 11) is 0. The van der Waals surface area contributed by atoms with E-state index in [1.807, 2.05) is 38.3 Å². The molecular weight excluding hydrogens is 326 g/mol. The van der Waals surface area contributed by atoms with Crippen molar-refractivity contribution in [1.29, 1.82) is 5.41 Å². The van der Waals surface area contributed by atoms with Crippen LogP contribution >= 0.6 is 0 Å². The molecule has 0 saturated carbocycles. The van der Waals surface area contributed by atoms with E-state index in [0.29, 0.717) is 28.9 Å². The Bertz CT molecular complexity index is 840. The molecule has 0 fully saturated rings. The Labute approximate surface area is 154 Å². The SMILES string of the molecule is CCC(C)C=Nc1ccc(-c2nc(C)c(N)nc2N/N=C\C=N)cc1C. The molecule has 0 aliphatic rings. The fraction of sp³-hybridized carbons (Fsp3) is 0.316. The second-order valence-electron chi connectivity index (χ2n) is 6.11. The second-order valence-corrected chi connectivity index (χ2v) is 6.11. The van der Waals surface area contributed by atoms with Gasteiger partial charge in [-0.3, -0.25) is 10.4 Å². The van der Waals surface area contributed by atoms with Crippen LogP contribution in [-0.2, 0) is 0 Å². The molecule has 4 N–H and O–H groups in total. The first-order chi connectivity index (χ1) is 12.5. The number of rotatable bonds is 7. The highest BCUT2D eigenvalue weighted by molar-refractivity contribution is 6.14. The molecule has 2 aromatic rings. The van der Waals surface area contributed by atoms with Crippen molar-refractivity contribution in [2.45, 2.75) is 34.1 Å². The van der Waals surface area contributed by atoms with Gasteiger partial charge in [0.1, 0.15) is 11.5 Å². The van der Waals surface area contributed by atoms with Gasteiger partial charge in [0.25, 0.3) is 0 Å². The first-order valence-electron chi connectivity index (χ1n) is 8.53. The number of nitrogens with zero attached hydrogens (tertiary/aromatic N) is 4. The molecule has 7 heteroatoms. The molecule has 1 aromatic heterocycles. The summed E-state index contributed by atoms with van der Waals surface area (Å²) in [6, 6.07) is 5.96. The largest absolute Gasteiger partial charge is 0.382 e. The van der Waals surface area contributed by atoms with E-state index in [0.717, 1.165) is 29.4 Å². The average molecular weight is 351 g/mol. The van der Waals surface area contributed by atoms with Gasteiger partial charge in [0, 0.05) is 18.0 Å². The smallest absolute Gasteiger partial charge is 0.175 e. The Kier molecular flexibility index (Phi) is 6.54. The van der Waals surface area contributed by atoms with E-state index in [-0.39, 0.29) is 0 Å². The van der Waals surface area contributed by atoms with Gasteiger partial charge in [0.2, 0.25) is 0 Å². The van der Waals surface area contributed by atoms with Crippen LogP contribution in [0.1, 0.15) is 31.5 Å². The maximum Gasteiger partial charge on any atom is 0.175 e. The highest BCUT2D eigenvalue weighted by Crippen LogP contribution is 2.30. The van der Waals surface area contributed by atoms with Crippen LogP contribution in [0.2, 0.25) is 0 Å². The number of aliphatic imine (C=N–C) groups is 1. The Balaban J connectivity index is 2.42. The number of hydrazone groups is 1. The first-order valence-corrected chi connectivity index (χ1v) is 8.53. The lowest BCUT2D eigenvalue weighted by molar-refractivity contribution is 0.754. The van der Waals surface area contributed by atoms with Crippen molar-refractivity contribution in [2.24, 2.45) is 16.0 Å². The fourth-order valence-corrected chi connectivity index (χ4v) is 2.21. The molecule has 26 heavy (non-hydrogen) atoms. The van der Waals surface area contributed by atoms with Crippen LogP contribution < -0.4 is 11.2 Å². The lowest BCUT2D eigenvalue weighted by atomic mass is 10.1. The van der Waals surface area contributed by atoms with Gasteiger partial charge < -0.3 is 11.1 Å². The van der Waals surface area contributed by atoms with Crippen LogP contribution in [0.5, 0.6) is 0 Å². The number of nitrogens with two attached hydrogens (primary N) is 1. The van der Waals surface area contributed by atoms with Crippen LogP contribution in [0.4, 0.5) is 17.3 Å². The van der Waals surface area contributed by atoms with Gasteiger partial charge in [-0.1, -0.05) is 19.9 Å². The third-order valence-electron chi connectivity index (χ3n) is 4.01. The predicted octanol–water partition coefficient (Wildman–Crippen LogP) is 4.14. The summed E-state index contributed by atoms with van der Waals surface area (Å²) in [4.78, 5) is 13.5. The van der Waals surface area contributed by atoms with Gasteiger partial charge in [-0.25, -0.2) is 9.97 Å². The zero-order chi connectivity index (χ0) is 19.1. The summed E-state index contributed by atoms with van der Waals surface area (Å²) in [6.45, 7) is 8.12. The molecule has 1 unspecified atom stereocenters. The summed E-state index contributed by atoms with van der Waals surface area (Å²) in [5, 5.41) is 10.9. The minimum Gasteiger partial charge on any atom is -0.382 e. The van der Waals surface area contributed by atoms with Crippen molar-refractivity contribution in [3.8, 4) is 11.3 Å². The first kappa shape index (κ1) is 19.2. The maximum absolute atomic E-state index is 7.01. The minimum absolute atomic E-state index is 0.341. The molecule has 1 atom stereocenters. The summed E-state index contributed by atoms with van der Waals surface area (Å²) in [5.41, 5.74) is 12.9. The van der Waals surface area contributed by atoms with Gasteiger partial charge >= 0.3 is 0 Å². The Morgan fingerprint density at radius 1 is 1.31 bits per heavy atom. The van der Waals surface area contributed by atoms with Crippen molar-refractivity contribution >= 4 is 36.0 Å². The molecule has 0 amide bonds. The molecule has 0 radical (unpaired) electrons. The van der Waals surface area contributed by atoms with Crippen LogP contribution in [0.3, 0.4) is 0 Å². The number of anilines is 2. The molecule has 0 spiro atoms. The van der Waals surface area contributed by atoms with E-state index in [1.165, 1.54) is 6.21 Å². The molecule has 0 saturated heterocycles. The quantitative estimate of drug-likeness (QED) is 0.514. The van der Waals surface area contributed by atoms with Crippen LogP contribution in [-0.4, -0.2) is 28.6 Å². The molecule has 0 aliphatic heterocycles. The highest BCUT2D eigenvalue weighted by atomic mass is 15.3. The predicted molar refractivity (Wildman–Crippen MR) is 110 cm³/mol. The standard InChI is InChI=1S/C19H25N7/c1-5-12(2)11-22-16-7-6-15(10-13(16)3)17-19(26-23-9-8-20)25-18(21)14(4)24-17/h6-12,20H,5H2,1-4H3,(H3,21,25,26)/b20-8?,22-11?,23-9-. The van der Waals surface area contributed by atoms with Crippen molar-refractivity contribution in [3.05, 3.63) is 29.5 Å². The van der Waals surface area contributed by atoms with E-state index in [4.69, 9.17) is 11.1 Å². The Hall–Kier alpha value is -3.09. The van der Waals surface area contributed by atoms with E-state index < -0.39 is 0 Å². The number of aryl methyl sites for hydroxylation is 2. The monoisotopic (exact) mass is 351 g/mol. The number of nitrogen functional groups attached to an aromatic ring is 1. The van der Waals surface area contributed by atoms with Crippen LogP contribution in [0.15, 0.2) is 28.3 Å². The van der Waals surface area contributed by atoms with E-state index in [2.05, 4.69) is 39.3 Å². The maximum atomic E-state index is 7.01. The molecule has 2 rings (SSSR count). The van der Waals surface area contributed by atoms with Gasteiger partial charge in [0.15, 0.2) is 5.82 Å². The number of benzene rings is 1. The van der Waals surface area contributed by atoms with Crippen molar-refractivity contribution in [3.63, 3.8) is 0 Å². The molecular formula is C19H25N7. The molecule has 0 aliphatic carbocycles. The molecule has 136 valence electrons. The molecule has 1 aromatic carbocycles. The molecule has 0 bridgehead atoms. The van der Waals surface area contributed by atoms with Crippen molar-refractivity contribution in [1.82, 2.24) is 9.97 Å². The van der Waals surface area contributed by atoms with E-state index >= 15 is 0 Å². The van der Waals surface area contributed by atoms with E-state index in [9.17, 15) is 0 Å². The molecule has 1 heterocycles. The van der Waals surface area contributed by atoms with Crippen LogP contribution in [0, 0.1) is 25.2 Å².